The standard InChI is InChI=1S/C13H13Cl2FO2/c1-7(2)5-11(17)12(16)13(18)9-4-3-8(14)6-10(9)15/h3-4,6-7,12H,5H2,1-2H3. The lowest BCUT2D eigenvalue weighted by Crippen LogP contribution is -2.27. The van der Waals surface area contributed by atoms with Crippen LogP contribution in [-0.4, -0.2) is 17.7 Å². The van der Waals surface area contributed by atoms with Crippen LogP contribution in [0.2, 0.25) is 10.0 Å². The zero-order valence-corrected chi connectivity index (χ0v) is 11.6. The monoisotopic (exact) mass is 290 g/mol. The van der Waals surface area contributed by atoms with E-state index >= 15 is 0 Å². The van der Waals surface area contributed by atoms with Gasteiger partial charge in [-0.1, -0.05) is 37.0 Å². The zero-order chi connectivity index (χ0) is 13.9. The molecule has 0 aliphatic rings. The normalized spacial score (nSPS) is 12.6. The summed E-state index contributed by atoms with van der Waals surface area (Å²) in [5, 5.41) is 0.396. The molecule has 0 aromatic heterocycles. The maximum atomic E-state index is 13.7. The molecule has 0 saturated heterocycles. The maximum Gasteiger partial charge on any atom is 0.220 e. The molecule has 0 N–H and O–H groups in total. The summed E-state index contributed by atoms with van der Waals surface area (Å²) in [5.41, 5.74) is -0.0225. The van der Waals surface area contributed by atoms with E-state index in [-0.39, 0.29) is 22.9 Å². The van der Waals surface area contributed by atoms with Crippen LogP contribution in [0.5, 0.6) is 0 Å². The first kappa shape index (κ1) is 15.1. The molecule has 1 rings (SSSR count). The third-order valence-corrected chi connectivity index (χ3v) is 2.87. The van der Waals surface area contributed by atoms with Gasteiger partial charge >= 0.3 is 0 Å². The Hall–Kier alpha value is -0.930. The smallest absolute Gasteiger partial charge is 0.220 e. The van der Waals surface area contributed by atoms with Gasteiger partial charge in [-0.15, -0.1) is 0 Å². The van der Waals surface area contributed by atoms with Gasteiger partial charge in [-0.2, -0.15) is 0 Å². The summed E-state index contributed by atoms with van der Waals surface area (Å²) in [5.74, 6) is -1.63. The number of carbonyl (C=O) groups excluding carboxylic acids is 2. The first-order valence-corrected chi connectivity index (χ1v) is 6.24. The Morgan fingerprint density at radius 2 is 1.89 bits per heavy atom. The minimum Gasteiger partial charge on any atom is -0.296 e. The molecule has 1 unspecified atom stereocenters. The van der Waals surface area contributed by atoms with Crippen molar-refractivity contribution in [1.29, 1.82) is 0 Å². The van der Waals surface area contributed by atoms with Gasteiger partial charge in [-0.3, -0.25) is 9.59 Å². The Balaban J connectivity index is 2.90. The van der Waals surface area contributed by atoms with Crippen LogP contribution in [0.15, 0.2) is 18.2 Å². The summed E-state index contributed by atoms with van der Waals surface area (Å²) in [7, 11) is 0. The van der Waals surface area contributed by atoms with Crippen LogP contribution in [0.4, 0.5) is 4.39 Å². The fourth-order valence-corrected chi connectivity index (χ4v) is 1.98. The van der Waals surface area contributed by atoms with Crippen molar-refractivity contribution in [3.05, 3.63) is 33.8 Å². The molecular weight excluding hydrogens is 278 g/mol. The fraction of sp³-hybridized carbons (Fsp3) is 0.385. The van der Waals surface area contributed by atoms with Crippen molar-refractivity contribution in [2.75, 3.05) is 0 Å². The first-order valence-electron chi connectivity index (χ1n) is 5.49. The largest absolute Gasteiger partial charge is 0.296 e. The molecule has 2 nitrogen and oxygen atoms in total. The van der Waals surface area contributed by atoms with E-state index in [9.17, 15) is 14.0 Å². The molecule has 18 heavy (non-hydrogen) atoms. The molecule has 0 spiro atoms. The third-order valence-electron chi connectivity index (χ3n) is 2.32. The van der Waals surface area contributed by atoms with E-state index in [1.54, 1.807) is 13.8 Å². The molecule has 98 valence electrons. The van der Waals surface area contributed by atoms with Gasteiger partial charge in [0.2, 0.25) is 12.0 Å². The van der Waals surface area contributed by atoms with Gasteiger partial charge < -0.3 is 0 Å². The van der Waals surface area contributed by atoms with Gasteiger partial charge in [-0.05, 0) is 24.1 Å². The summed E-state index contributed by atoms with van der Waals surface area (Å²) in [4.78, 5) is 23.3. The molecule has 0 heterocycles. The van der Waals surface area contributed by atoms with Gasteiger partial charge in [0.1, 0.15) is 0 Å². The van der Waals surface area contributed by atoms with Crippen molar-refractivity contribution >= 4 is 34.8 Å². The minimum atomic E-state index is -2.16. The van der Waals surface area contributed by atoms with Crippen LogP contribution in [0.3, 0.4) is 0 Å². The topological polar surface area (TPSA) is 34.1 Å². The second-order valence-corrected chi connectivity index (χ2v) is 5.26. The molecule has 1 atom stereocenters. The first-order chi connectivity index (χ1) is 8.32. The van der Waals surface area contributed by atoms with Crippen LogP contribution in [0.1, 0.15) is 30.6 Å². The molecule has 0 bridgehead atoms. The Labute approximate surface area is 115 Å². The lowest BCUT2D eigenvalue weighted by atomic mass is 9.98. The number of Topliss-reactive ketones (excluding diaryl/α,β-unsaturated/α-hetero) is 2. The highest BCUT2D eigenvalue weighted by Gasteiger charge is 2.28. The predicted octanol–water partition coefficient (Wildman–Crippen LogP) is 4.13. The molecule has 0 amide bonds. The van der Waals surface area contributed by atoms with E-state index < -0.39 is 17.7 Å². The van der Waals surface area contributed by atoms with Crippen molar-refractivity contribution in [2.24, 2.45) is 5.92 Å². The van der Waals surface area contributed by atoms with Crippen LogP contribution in [-0.2, 0) is 4.79 Å². The van der Waals surface area contributed by atoms with Crippen molar-refractivity contribution < 1.29 is 14.0 Å². The second-order valence-electron chi connectivity index (χ2n) is 4.42. The summed E-state index contributed by atoms with van der Waals surface area (Å²) < 4.78 is 13.7. The Morgan fingerprint density at radius 1 is 1.28 bits per heavy atom. The number of alkyl halides is 1. The average Bonchev–Trinajstić information content (AvgIpc) is 2.26. The van der Waals surface area contributed by atoms with Gasteiger partial charge in [0.15, 0.2) is 5.78 Å². The molecule has 0 fully saturated rings. The Bertz CT molecular complexity index is 472. The van der Waals surface area contributed by atoms with Crippen molar-refractivity contribution in [2.45, 2.75) is 26.4 Å². The summed E-state index contributed by atoms with van der Waals surface area (Å²) in [6.07, 6.45) is -2.14. The van der Waals surface area contributed by atoms with Crippen LogP contribution >= 0.6 is 23.2 Å². The third kappa shape index (κ3) is 3.79. The molecule has 5 heteroatoms. The second kappa shape index (κ2) is 6.30. The number of carbonyl (C=O) groups is 2. The van der Waals surface area contributed by atoms with Gasteiger partial charge in [0.05, 0.1) is 5.02 Å². The molecule has 0 radical (unpaired) electrons. The van der Waals surface area contributed by atoms with Crippen molar-refractivity contribution in [1.82, 2.24) is 0 Å². The minimum absolute atomic E-state index is 0.00393. The van der Waals surface area contributed by atoms with Crippen molar-refractivity contribution in [3.8, 4) is 0 Å². The fourth-order valence-electron chi connectivity index (χ4n) is 1.48. The van der Waals surface area contributed by atoms with E-state index in [0.717, 1.165) is 0 Å². The van der Waals surface area contributed by atoms with Gasteiger partial charge in [-0.25, -0.2) is 4.39 Å². The Morgan fingerprint density at radius 3 is 2.39 bits per heavy atom. The lowest BCUT2D eigenvalue weighted by Gasteiger charge is -2.09. The molecule has 0 saturated carbocycles. The Kier molecular flexibility index (Phi) is 5.29. The summed E-state index contributed by atoms with van der Waals surface area (Å²) in [6, 6.07) is 4.10. The van der Waals surface area contributed by atoms with E-state index in [2.05, 4.69) is 0 Å². The number of ketones is 2. The van der Waals surface area contributed by atoms with Gasteiger partial charge in [0, 0.05) is 17.0 Å². The maximum absolute atomic E-state index is 13.7. The SMILES string of the molecule is CC(C)CC(=O)C(F)C(=O)c1ccc(Cl)cc1Cl. The molecule has 1 aromatic rings. The highest BCUT2D eigenvalue weighted by molar-refractivity contribution is 6.37. The highest BCUT2D eigenvalue weighted by Crippen LogP contribution is 2.23. The summed E-state index contributed by atoms with van der Waals surface area (Å²) in [6.45, 7) is 3.56. The number of hydrogen-bond acceptors (Lipinski definition) is 2. The van der Waals surface area contributed by atoms with E-state index in [1.807, 2.05) is 0 Å². The van der Waals surface area contributed by atoms with Gasteiger partial charge in [0.25, 0.3) is 0 Å². The van der Waals surface area contributed by atoms with E-state index in [4.69, 9.17) is 23.2 Å². The quantitative estimate of drug-likeness (QED) is 0.604. The predicted molar refractivity (Wildman–Crippen MR) is 70.2 cm³/mol. The summed E-state index contributed by atoms with van der Waals surface area (Å²) >= 11 is 11.5. The van der Waals surface area contributed by atoms with Crippen LogP contribution in [0.25, 0.3) is 0 Å². The number of rotatable bonds is 5. The van der Waals surface area contributed by atoms with Crippen molar-refractivity contribution in [3.63, 3.8) is 0 Å². The van der Waals surface area contributed by atoms with E-state index in [1.165, 1.54) is 18.2 Å². The highest BCUT2D eigenvalue weighted by atomic mass is 35.5. The molecule has 0 aliphatic heterocycles. The average molecular weight is 291 g/mol. The number of benzene rings is 1. The number of halogens is 3. The van der Waals surface area contributed by atoms with E-state index in [0.29, 0.717) is 5.02 Å². The lowest BCUT2D eigenvalue weighted by molar-refractivity contribution is -0.122. The molecule has 1 aromatic carbocycles. The number of hydrogen-bond donors (Lipinski definition) is 0. The van der Waals surface area contributed by atoms with Crippen LogP contribution < -0.4 is 0 Å². The zero-order valence-electron chi connectivity index (χ0n) is 10.0. The van der Waals surface area contributed by atoms with Crippen LogP contribution in [0, 0.1) is 5.92 Å². The molecule has 0 aliphatic carbocycles. The molecular formula is C13H13Cl2FO2.